The number of aryl methyl sites for hydroxylation is 1. The molecule has 2 heterocycles. The number of nitrogens with one attached hydrogen (secondary N) is 1. The van der Waals surface area contributed by atoms with E-state index in [1.165, 1.54) is 16.3 Å². The van der Waals surface area contributed by atoms with Crippen molar-refractivity contribution in [2.75, 3.05) is 0 Å². The Hall–Kier alpha value is -1.83. The fourth-order valence-corrected chi connectivity index (χ4v) is 1.85. The Morgan fingerprint density at radius 3 is 2.56 bits per heavy atom. The van der Waals surface area contributed by atoms with Crippen LogP contribution < -0.4 is 0 Å². The number of rotatable bonds is 0. The number of fused-ring (bicyclic) bond motifs is 3. The molecular weight excluding hydrogens is 196 g/mol. The van der Waals surface area contributed by atoms with Crippen molar-refractivity contribution < 1.29 is 0 Å². The van der Waals surface area contributed by atoms with E-state index in [9.17, 15) is 0 Å². The van der Waals surface area contributed by atoms with Gasteiger partial charge in [0.1, 0.15) is 0 Å². The fraction of sp³-hybridized carbons (Fsp3) is 0.214. The molecule has 3 rings (SSSR count). The molecule has 16 heavy (non-hydrogen) atoms. The normalized spacial score (nSPS) is 10.2. The lowest BCUT2D eigenvalue weighted by Gasteiger charge is -1.91. The average molecular weight is 212 g/mol. The van der Waals surface area contributed by atoms with Crippen LogP contribution in [0.3, 0.4) is 0 Å². The molecule has 1 aromatic carbocycles. The lowest BCUT2D eigenvalue weighted by molar-refractivity contribution is 1.22. The van der Waals surface area contributed by atoms with Crippen LogP contribution in [0.4, 0.5) is 0 Å². The monoisotopic (exact) mass is 212 g/mol. The highest BCUT2D eigenvalue weighted by Gasteiger charge is 2.02. The topological polar surface area (TPSA) is 28.7 Å². The Balaban J connectivity index is 0.000000457. The summed E-state index contributed by atoms with van der Waals surface area (Å²) in [4.78, 5) is 7.61. The Kier molecular flexibility index (Phi) is 2.91. The third-order valence-electron chi connectivity index (χ3n) is 2.53. The predicted octanol–water partition coefficient (Wildman–Crippen LogP) is 4.05. The van der Waals surface area contributed by atoms with Gasteiger partial charge in [0.25, 0.3) is 0 Å². The van der Waals surface area contributed by atoms with E-state index >= 15 is 0 Å². The SMILES string of the molecule is CC.Cc1cc2c(cn1)[nH]c1ccccc12. The van der Waals surface area contributed by atoms with Crippen LogP contribution >= 0.6 is 0 Å². The molecule has 0 aliphatic heterocycles. The first kappa shape index (κ1) is 10.7. The van der Waals surface area contributed by atoms with E-state index in [1.807, 2.05) is 33.0 Å². The molecule has 0 fully saturated rings. The van der Waals surface area contributed by atoms with Gasteiger partial charge in [0.15, 0.2) is 0 Å². The number of benzene rings is 1. The number of hydrogen-bond acceptors (Lipinski definition) is 1. The van der Waals surface area contributed by atoms with E-state index < -0.39 is 0 Å². The molecule has 0 saturated heterocycles. The van der Waals surface area contributed by atoms with Gasteiger partial charge < -0.3 is 4.98 Å². The van der Waals surface area contributed by atoms with Crippen molar-refractivity contribution in [2.45, 2.75) is 20.8 Å². The molecule has 2 aromatic heterocycles. The van der Waals surface area contributed by atoms with Crippen LogP contribution in [0.5, 0.6) is 0 Å². The molecule has 0 radical (unpaired) electrons. The Morgan fingerprint density at radius 2 is 1.75 bits per heavy atom. The maximum absolute atomic E-state index is 4.27. The van der Waals surface area contributed by atoms with Crippen molar-refractivity contribution in [1.29, 1.82) is 0 Å². The lowest BCUT2D eigenvalue weighted by atomic mass is 10.2. The van der Waals surface area contributed by atoms with Gasteiger partial charge >= 0.3 is 0 Å². The van der Waals surface area contributed by atoms with Crippen molar-refractivity contribution in [3.05, 3.63) is 42.2 Å². The van der Waals surface area contributed by atoms with Crippen molar-refractivity contribution >= 4 is 21.8 Å². The number of H-pyrrole nitrogens is 1. The average Bonchev–Trinajstić information content (AvgIpc) is 2.70. The van der Waals surface area contributed by atoms with Gasteiger partial charge in [0.05, 0.1) is 11.7 Å². The summed E-state index contributed by atoms with van der Waals surface area (Å²) in [6, 6.07) is 10.4. The van der Waals surface area contributed by atoms with E-state index in [0.717, 1.165) is 11.2 Å². The van der Waals surface area contributed by atoms with Gasteiger partial charge in [-0.3, -0.25) is 4.98 Å². The molecule has 0 amide bonds. The summed E-state index contributed by atoms with van der Waals surface area (Å²) in [5.74, 6) is 0. The molecule has 0 unspecified atom stereocenters. The molecule has 0 spiro atoms. The highest BCUT2D eigenvalue weighted by atomic mass is 14.8. The summed E-state index contributed by atoms with van der Waals surface area (Å²) in [5, 5.41) is 2.53. The number of nitrogens with zero attached hydrogens (tertiary/aromatic N) is 1. The first-order chi connectivity index (χ1) is 7.84. The first-order valence-electron chi connectivity index (χ1n) is 5.68. The van der Waals surface area contributed by atoms with Crippen molar-refractivity contribution in [3.8, 4) is 0 Å². The number of hydrogen-bond donors (Lipinski definition) is 1. The van der Waals surface area contributed by atoms with Gasteiger partial charge in [0.2, 0.25) is 0 Å². The van der Waals surface area contributed by atoms with Crippen LogP contribution in [-0.2, 0) is 0 Å². The van der Waals surface area contributed by atoms with Gasteiger partial charge in [-0.05, 0) is 19.1 Å². The Labute approximate surface area is 95.3 Å². The highest BCUT2D eigenvalue weighted by Crippen LogP contribution is 2.24. The zero-order valence-corrected chi connectivity index (χ0v) is 9.91. The second-order valence-electron chi connectivity index (χ2n) is 3.54. The molecule has 0 aliphatic rings. The molecule has 82 valence electrons. The van der Waals surface area contributed by atoms with Gasteiger partial charge in [-0.2, -0.15) is 0 Å². The molecular formula is C14H16N2. The van der Waals surface area contributed by atoms with Crippen molar-refractivity contribution in [3.63, 3.8) is 0 Å². The summed E-state index contributed by atoms with van der Waals surface area (Å²) < 4.78 is 0. The number of pyridine rings is 1. The molecule has 0 bridgehead atoms. The van der Waals surface area contributed by atoms with Crippen molar-refractivity contribution in [2.24, 2.45) is 0 Å². The van der Waals surface area contributed by atoms with E-state index in [1.54, 1.807) is 0 Å². The Bertz CT molecular complexity index is 608. The molecule has 0 saturated carbocycles. The zero-order chi connectivity index (χ0) is 11.5. The minimum atomic E-state index is 1.06. The summed E-state index contributed by atoms with van der Waals surface area (Å²) in [6.07, 6.45) is 1.89. The van der Waals surface area contributed by atoms with Gasteiger partial charge in [0, 0.05) is 22.0 Å². The zero-order valence-electron chi connectivity index (χ0n) is 9.91. The molecule has 3 aromatic rings. The maximum Gasteiger partial charge on any atom is 0.0651 e. The lowest BCUT2D eigenvalue weighted by Crippen LogP contribution is -1.77. The second-order valence-corrected chi connectivity index (χ2v) is 3.54. The van der Waals surface area contributed by atoms with E-state index in [2.05, 4.69) is 34.2 Å². The molecule has 0 aliphatic carbocycles. The summed E-state index contributed by atoms with van der Waals surface area (Å²) in [5.41, 5.74) is 3.34. The predicted molar refractivity (Wildman–Crippen MR) is 69.7 cm³/mol. The number of aromatic nitrogens is 2. The minimum absolute atomic E-state index is 1.06. The van der Waals surface area contributed by atoms with Crippen LogP contribution in [0.1, 0.15) is 19.5 Å². The van der Waals surface area contributed by atoms with E-state index in [0.29, 0.717) is 0 Å². The largest absolute Gasteiger partial charge is 0.353 e. The maximum atomic E-state index is 4.27. The van der Waals surface area contributed by atoms with Crippen LogP contribution in [-0.4, -0.2) is 9.97 Å². The van der Waals surface area contributed by atoms with Gasteiger partial charge in [-0.25, -0.2) is 0 Å². The number of aromatic amines is 1. The van der Waals surface area contributed by atoms with Crippen LogP contribution in [0.25, 0.3) is 21.8 Å². The summed E-state index contributed by atoms with van der Waals surface area (Å²) >= 11 is 0. The van der Waals surface area contributed by atoms with Crippen LogP contribution in [0, 0.1) is 6.92 Å². The van der Waals surface area contributed by atoms with Gasteiger partial charge in [-0.1, -0.05) is 32.0 Å². The second kappa shape index (κ2) is 4.35. The van der Waals surface area contributed by atoms with E-state index in [-0.39, 0.29) is 0 Å². The van der Waals surface area contributed by atoms with Crippen LogP contribution in [0.15, 0.2) is 36.5 Å². The molecule has 0 atom stereocenters. The first-order valence-corrected chi connectivity index (χ1v) is 5.68. The molecule has 1 N–H and O–H groups in total. The van der Waals surface area contributed by atoms with Gasteiger partial charge in [-0.15, -0.1) is 0 Å². The third kappa shape index (κ3) is 1.67. The fourth-order valence-electron chi connectivity index (χ4n) is 1.85. The highest BCUT2D eigenvalue weighted by molar-refractivity contribution is 6.06. The summed E-state index contributed by atoms with van der Waals surface area (Å²) in [7, 11) is 0. The minimum Gasteiger partial charge on any atom is -0.353 e. The van der Waals surface area contributed by atoms with Crippen molar-refractivity contribution in [1.82, 2.24) is 9.97 Å². The number of para-hydroxylation sites is 1. The van der Waals surface area contributed by atoms with E-state index in [4.69, 9.17) is 0 Å². The standard InChI is InChI=1S/C12H10N2.C2H6/c1-8-6-10-9-4-2-3-5-11(9)14-12(10)7-13-8;1-2/h2-7,14H,1H3;1-2H3. The third-order valence-corrected chi connectivity index (χ3v) is 2.53. The quantitative estimate of drug-likeness (QED) is 0.598. The molecule has 2 nitrogen and oxygen atoms in total. The summed E-state index contributed by atoms with van der Waals surface area (Å²) in [6.45, 7) is 6.02. The van der Waals surface area contributed by atoms with Crippen LogP contribution in [0.2, 0.25) is 0 Å². The smallest absolute Gasteiger partial charge is 0.0651 e. The molecule has 2 heteroatoms. The Morgan fingerprint density at radius 1 is 1.00 bits per heavy atom.